The Morgan fingerprint density at radius 3 is 2.35 bits per heavy atom. The molecule has 6 nitrogen and oxygen atoms in total. The maximum Gasteiger partial charge on any atom is 0.410 e. The number of carboxylic acids is 1. The third-order valence-electron chi connectivity index (χ3n) is 3.30. The van der Waals surface area contributed by atoms with Gasteiger partial charge >= 0.3 is 12.1 Å². The predicted octanol–water partition coefficient (Wildman–Crippen LogP) is 2.83. The fourth-order valence-corrected chi connectivity index (χ4v) is 3.79. The number of hydrogen-bond donors (Lipinski definition) is 2. The highest BCUT2D eigenvalue weighted by Crippen LogP contribution is 2.43. The van der Waals surface area contributed by atoms with Gasteiger partial charge in [-0.2, -0.15) is 0 Å². The van der Waals surface area contributed by atoms with Crippen molar-refractivity contribution in [2.45, 2.75) is 42.4 Å². The fraction of sp³-hybridized carbons (Fsp3) is 0.500. The number of carboxylic acid groups (broad SMARTS) is 1. The number of amides is 1. The normalized spacial score (nSPS) is 16.6. The van der Waals surface area contributed by atoms with Crippen molar-refractivity contribution >= 4 is 29.5 Å². The average molecular weight is 338 g/mol. The molecule has 0 atom stereocenters. The molecule has 0 bridgehead atoms. The van der Waals surface area contributed by atoms with Crippen molar-refractivity contribution in [2.75, 3.05) is 18.8 Å². The van der Waals surface area contributed by atoms with Crippen LogP contribution >= 0.6 is 11.8 Å². The van der Waals surface area contributed by atoms with E-state index in [0.29, 0.717) is 18.8 Å². The quantitative estimate of drug-likeness (QED) is 0.820. The van der Waals surface area contributed by atoms with E-state index in [0.717, 1.165) is 4.90 Å². The van der Waals surface area contributed by atoms with Crippen LogP contribution in [0.25, 0.3) is 0 Å². The first-order valence-corrected chi connectivity index (χ1v) is 8.15. The van der Waals surface area contributed by atoms with E-state index >= 15 is 0 Å². The summed E-state index contributed by atoms with van der Waals surface area (Å²) in [5, 5.41) is 9.18. The second-order valence-corrected chi connectivity index (χ2v) is 8.30. The molecule has 1 fully saturated rings. The number of rotatable bonds is 4. The summed E-state index contributed by atoms with van der Waals surface area (Å²) < 4.78 is 4.79. The molecule has 1 saturated heterocycles. The van der Waals surface area contributed by atoms with Crippen molar-refractivity contribution in [3.05, 3.63) is 24.3 Å². The van der Waals surface area contributed by atoms with Crippen molar-refractivity contribution in [1.29, 1.82) is 0 Å². The van der Waals surface area contributed by atoms with E-state index in [2.05, 4.69) is 0 Å². The van der Waals surface area contributed by atoms with Crippen molar-refractivity contribution in [3.63, 3.8) is 0 Å². The van der Waals surface area contributed by atoms with Crippen LogP contribution in [0.15, 0.2) is 29.2 Å². The number of nitrogens with zero attached hydrogens (tertiary/aromatic N) is 1. The topological polar surface area (TPSA) is 92.9 Å². The van der Waals surface area contributed by atoms with Crippen LogP contribution in [0.2, 0.25) is 0 Å². The summed E-state index contributed by atoms with van der Waals surface area (Å²) in [4.78, 5) is 25.7. The van der Waals surface area contributed by atoms with Gasteiger partial charge in [0.05, 0.1) is 11.2 Å². The van der Waals surface area contributed by atoms with Crippen LogP contribution in [0.3, 0.4) is 0 Å². The Bertz CT molecular complexity index is 589. The number of carbonyl (C=O) groups is 2. The van der Waals surface area contributed by atoms with Gasteiger partial charge in [-0.15, -0.1) is 11.8 Å². The zero-order valence-corrected chi connectivity index (χ0v) is 14.4. The lowest BCUT2D eigenvalue weighted by molar-refractivity contribution is -0.138. The molecule has 1 aliphatic heterocycles. The van der Waals surface area contributed by atoms with Crippen molar-refractivity contribution in [2.24, 2.45) is 0 Å². The minimum Gasteiger partial charge on any atom is -0.481 e. The molecule has 1 aromatic rings. The van der Waals surface area contributed by atoms with Crippen LogP contribution in [0.1, 0.15) is 27.2 Å². The smallest absolute Gasteiger partial charge is 0.410 e. The lowest BCUT2D eigenvalue weighted by atomic mass is 9.95. The lowest BCUT2D eigenvalue weighted by Gasteiger charge is -2.48. The highest BCUT2D eigenvalue weighted by Gasteiger charge is 2.48. The van der Waals surface area contributed by atoms with Crippen molar-refractivity contribution in [3.8, 4) is 0 Å². The number of likely N-dealkylation sites (tertiary alicyclic amines) is 1. The summed E-state index contributed by atoms with van der Waals surface area (Å²) in [5.41, 5.74) is 5.76. The van der Waals surface area contributed by atoms with Gasteiger partial charge in [-0.1, -0.05) is 0 Å². The van der Waals surface area contributed by atoms with Crippen LogP contribution in [-0.2, 0) is 9.53 Å². The molecule has 126 valence electrons. The predicted molar refractivity (Wildman–Crippen MR) is 89.5 cm³/mol. The van der Waals surface area contributed by atoms with Crippen molar-refractivity contribution in [1.82, 2.24) is 4.90 Å². The SMILES string of the molecule is CC(C)(C)OC(=O)N1CC(CC(=O)O)(Sc2ccc(N)cc2)C1. The Kier molecular flexibility index (Phi) is 4.79. The Hall–Kier alpha value is -1.89. The first kappa shape index (κ1) is 17.5. The molecule has 23 heavy (non-hydrogen) atoms. The molecule has 0 aromatic heterocycles. The van der Waals surface area contributed by atoms with Gasteiger partial charge in [-0.3, -0.25) is 4.79 Å². The van der Waals surface area contributed by atoms with Gasteiger partial charge in [0.25, 0.3) is 0 Å². The molecule has 0 aliphatic carbocycles. The molecule has 0 spiro atoms. The molecule has 1 amide bonds. The number of aliphatic carboxylic acids is 1. The molecule has 1 aliphatic rings. The van der Waals surface area contributed by atoms with E-state index in [9.17, 15) is 14.7 Å². The van der Waals surface area contributed by atoms with Crippen LogP contribution in [0, 0.1) is 0 Å². The minimum absolute atomic E-state index is 0.0126. The van der Waals surface area contributed by atoms with Crippen LogP contribution in [0.4, 0.5) is 10.5 Å². The number of benzene rings is 1. The van der Waals surface area contributed by atoms with Crippen molar-refractivity contribution < 1.29 is 19.4 Å². The number of ether oxygens (including phenoxy) is 1. The minimum atomic E-state index is -0.878. The monoisotopic (exact) mass is 338 g/mol. The standard InChI is InChI=1S/C16H22N2O4S/c1-15(2,3)22-14(21)18-9-16(10-18,8-13(19)20)23-12-6-4-11(17)5-7-12/h4-7H,8-10,17H2,1-3H3,(H,19,20). The van der Waals surface area contributed by atoms with E-state index in [1.54, 1.807) is 37.8 Å². The summed E-state index contributed by atoms with van der Waals surface area (Å²) in [7, 11) is 0. The maximum atomic E-state index is 12.0. The third-order valence-corrected chi connectivity index (χ3v) is 4.64. The summed E-state index contributed by atoms with van der Waals surface area (Å²) in [6, 6.07) is 7.28. The molecular formula is C16H22N2O4S. The van der Waals surface area contributed by atoms with E-state index in [1.807, 2.05) is 12.1 Å². The van der Waals surface area contributed by atoms with E-state index < -0.39 is 22.4 Å². The average Bonchev–Trinajstić information content (AvgIpc) is 2.35. The largest absolute Gasteiger partial charge is 0.481 e. The summed E-state index contributed by atoms with van der Waals surface area (Å²) in [6.07, 6.45) is -0.419. The molecule has 3 N–H and O–H groups in total. The Balaban J connectivity index is 2.04. The van der Waals surface area contributed by atoms with Crippen LogP contribution < -0.4 is 5.73 Å². The second-order valence-electron chi connectivity index (χ2n) is 6.76. The molecule has 0 radical (unpaired) electrons. The summed E-state index contributed by atoms with van der Waals surface area (Å²) in [5.74, 6) is -0.878. The molecule has 2 rings (SSSR count). The van der Waals surface area contributed by atoms with Gasteiger partial charge in [0.15, 0.2) is 0 Å². The Labute approximate surface area is 140 Å². The zero-order valence-electron chi connectivity index (χ0n) is 13.5. The zero-order chi connectivity index (χ0) is 17.3. The fourth-order valence-electron chi connectivity index (χ4n) is 2.38. The molecule has 1 aromatic carbocycles. The van der Waals surface area contributed by atoms with Gasteiger partial charge in [0, 0.05) is 23.7 Å². The van der Waals surface area contributed by atoms with Gasteiger partial charge in [0.2, 0.25) is 0 Å². The van der Waals surface area contributed by atoms with E-state index in [-0.39, 0.29) is 6.42 Å². The summed E-state index contributed by atoms with van der Waals surface area (Å²) >= 11 is 1.47. The highest BCUT2D eigenvalue weighted by molar-refractivity contribution is 8.00. The number of nitrogens with two attached hydrogens (primary N) is 1. The molecular weight excluding hydrogens is 316 g/mol. The first-order valence-electron chi connectivity index (χ1n) is 7.33. The molecule has 7 heteroatoms. The third kappa shape index (κ3) is 4.79. The number of carbonyl (C=O) groups excluding carboxylic acids is 1. The number of nitrogen functional groups attached to an aromatic ring is 1. The molecule has 0 saturated carbocycles. The Morgan fingerprint density at radius 1 is 1.30 bits per heavy atom. The highest BCUT2D eigenvalue weighted by atomic mass is 32.2. The van der Waals surface area contributed by atoms with Crippen LogP contribution in [0.5, 0.6) is 0 Å². The molecule has 0 unspecified atom stereocenters. The number of hydrogen-bond acceptors (Lipinski definition) is 5. The van der Waals surface area contributed by atoms with Gasteiger partial charge < -0.3 is 20.5 Å². The lowest BCUT2D eigenvalue weighted by Crippen LogP contribution is -2.62. The van der Waals surface area contributed by atoms with Gasteiger partial charge in [-0.05, 0) is 45.0 Å². The number of thioether (sulfide) groups is 1. The molecule has 1 heterocycles. The summed E-state index contributed by atoms with van der Waals surface area (Å²) in [6.45, 7) is 6.11. The van der Waals surface area contributed by atoms with Gasteiger partial charge in [0.1, 0.15) is 5.60 Å². The van der Waals surface area contributed by atoms with E-state index in [1.165, 1.54) is 11.8 Å². The van der Waals surface area contributed by atoms with Crippen LogP contribution in [-0.4, -0.2) is 45.5 Å². The second kappa shape index (κ2) is 6.31. The van der Waals surface area contributed by atoms with E-state index in [4.69, 9.17) is 10.5 Å². The first-order chi connectivity index (χ1) is 10.6. The number of anilines is 1. The van der Waals surface area contributed by atoms with Gasteiger partial charge in [-0.25, -0.2) is 4.79 Å². The Morgan fingerprint density at radius 2 is 1.87 bits per heavy atom. The maximum absolute atomic E-state index is 12.0.